The molecule has 8 heteroatoms. The lowest BCUT2D eigenvalue weighted by molar-refractivity contribution is -0.114. The molecule has 0 aliphatic heterocycles. The number of rotatable bonds is 4. The summed E-state index contributed by atoms with van der Waals surface area (Å²) in [7, 11) is -3.80. The van der Waals surface area contributed by atoms with E-state index < -0.39 is 16.0 Å². The van der Waals surface area contributed by atoms with Crippen LogP contribution >= 0.6 is 0 Å². The lowest BCUT2D eigenvalue weighted by atomic mass is 10.3. The second kappa shape index (κ2) is 5.88. The smallest absolute Gasteiger partial charge is 0.261 e. The monoisotopic (exact) mass is 309 g/mol. The third kappa shape index (κ3) is 3.99. The van der Waals surface area contributed by atoms with Crippen molar-refractivity contribution >= 4 is 27.3 Å². The Bertz CT molecular complexity index is 743. The first-order valence-corrected chi connectivity index (χ1v) is 7.37. The van der Waals surface area contributed by atoms with Gasteiger partial charge < -0.3 is 5.32 Å². The number of amides is 1. The summed E-state index contributed by atoms with van der Waals surface area (Å²) in [5.74, 6) is -0.946. The van der Waals surface area contributed by atoms with Crippen molar-refractivity contribution in [1.82, 2.24) is 4.98 Å². The zero-order valence-corrected chi connectivity index (χ0v) is 11.8. The molecule has 110 valence electrons. The predicted molar refractivity (Wildman–Crippen MR) is 75.7 cm³/mol. The zero-order chi connectivity index (χ0) is 15.5. The number of anilines is 2. The molecule has 0 saturated carbocycles. The number of sulfonamides is 1. The van der Waals surface area contributed by atoms with Gasteiger partial charge in [0.2, 0.25) is 11.9 Å². The van der Waals surface area contributed by atoms with Gasteiger partial charge in [0.1, 0.15) is 0 Å². The van der Waals surface area contributed by atoms with E-state index in [4.69, 9.17) is 0 Å². The molecular formula is C13H12FN3O3S. The number of pyridine rings is 1. The molecule has 2 rings (SSSR count). The molecule has 0 atom stereocenters. The maximum Gasteiger partial charge on any atom is 0.261 e. The summed E-state index contributed by atoms with van der Waals surface area (Å²) in [6, 6.07) is 7.97. The van der Waals surface area contributed by atoms with E-state index in [1.807, 2.05) is 0 Å². The minimum absolute atomic E-state index is 0.0147. The Balaban J connectivity index is 2.19. The fourth-order valence-corrected chi connectivity index (χ4v) is 2.61. The van der Waals surface area contributed by atoms with E-state index in [0.717, 1.165) is 12.3 Å². The Morgan fingerprint density at radius 3 is 2.24 bits per heavy atom. The van der Waals surface area contributed by atoms with Crippen molar-refractivity contribution < 1.29 is 17.6 Å². The van der Waals surface area contributed by atoms with E-state index in [9.17, 15) is 17.6 Å². The average Bonchev–Trinajstić information content (AvgIpc) is 2.41. The molecule has 0 aliphatic carbocycles. The molecule has 0 fully saturated rings. The van der Waals surface area contributed by atoms with Crippen molar-refractivity contribution in [3.63, 3.8) is 0 Å². The van der Waals surface area contributed by atoms with Crippen LogP contribution < -0.4 is 10.0 Å². The van der Waals surface area contributed by atoms with Gasteiger partial charge in [0.25, 0.3) is 10.0 Å². The van der Waals surface area contributed by atoms with Gasteiger partial charge in [-0.3, -0.25) is 9.52 Å². The lowest BCUT2D eigenvalue weighted by Crippen LogP contribution is -2.13. The minimum Gasteiger partial charge on any atom is -0.326 e. The molecule has 1 heterocycles. The average molecular weight is 309 g/mol. The summed E-state index contributed by atoms with van der Waals surface area (Å²) in [5.41, 5.74) is 0.646. The summed E-state index contributed by atoms with van der Waals surface area (Å²) in [5, 5.41) is 2.53. The van der Waals surface area contributed by atoms with E-state index in [1.165, 1.54) is 37.3 Å². The van der Waals surface area contributed by atoms with Crippen LogP contribution in [0.3, 0.4) is 0 Å². The molecule has 21 heavy (non-hydrogen) atoms. The molecule has 2 N–H and O–H groups in total. The van der Waals surface area contributed by atoms with Gasteiger partial charge in [-0.1, -0.05) is 0 Å². The second-order valence-corrected chi connectivity index (χ2v) is 5.86. The van der Waals surface area contributed by atoms with Gasteiger partial charge in [-0.15, -0.1) is 0 Å². The van der Waals surface area contributed by atoms with Crippen molar-refractivity contribution in [3.8, 4) is 0 Å². The number of benzene rings is 1. The van der Waals surface area contributed by atoms with Gasteiger partial charge in [-0.05, 0) is 36.4 Å². The van der Waals surface area contributed by atoms with E-state index in [-0.39, 0.29) is 16.5 Å². The van der Waals surface area contributed by atoms with Crippen LogP contribution in [0.4, 0.5) is 15.8 Å². The highest BCUT2D eigenvalue weighted by molar-refractivity contribution is 7.92. The van der Waals surface area contributed by atoms with Crippen LogP contribution in [0.5, 0.6) is 0 Å². The van der Waals surface area contributed by atoms with E-state index in [0.29, 0.717) is 5.69 Å². The fourth-order valence-electron chi connectivity index (χ4n) is 1.57. The Kier molecular flexibility index (Phi) is 4.18. The van der Waals surface area contributed by atoms with Gasteiger partial charge in [-0.25, -0.2) is 13.4 Å². The van der Waals surface area contributed by atoms with Crippen LogP contribution in [0.1, 0.15) is 6.92 Å². The maximum atomic E-state index is 12.7. The van der Waals surface area contributed by atoms with Gasteiger partial charge in [-0.2, -0.15) is 4.39 Å². The molecule has 0 bridgehead atoms. The molecule has 1 amide bonds. The molecule has 0 aliphatic rings. The molecule has 0 spiro atoms. The SMILES string of the molecule is CC(=O)Nc1ccc(S(=O)(=O)Nc2ccc(F)nc2)cc1. The highest BCUT2D eigenvalue weighted by Crippen LogP contribution is 2.17. The summed E-state index contributed by atoms with van der Waals surface area (Å²) >= 11 is 0. The van der Waals surface area contributed by atoms with Crippen molar-refractivity contribution in [1.29, 1.82) is 0 Å². The van der Waals surface area contributed by atoms with Crippen LogP contribution in [0.2, 0.25) is 0 Å². The second-order valence-electron chi connectivity index (χ2n) is 4.18. The predicted octanol–water partition coefficient (Wildman–Crippen LogP) is 1.98. The van der Waals surface area contributed by atoms with Crippen LogP contribution in [-0.2, 0) is 14.8 Å². The third-order valence-corrected chi connectivity index (χ3v) is 3.86. The summed E-state index contributed by atoms with van der Waals surface area (Å²) < 4.78 is 39.1. The molecule has 0 unspecified atom stereocenters. The number of carbonyl (C=O) groups excluding carboxylic acids is 1. The largest absolute Gasteiger partial charge is 0.326 e. The number of nitrogens with one attached hydrogen (secondary N) is 2. The van der Waals surface area contributed by atoms with Crippen molar-refractivity contribution in [2.24, 2.45) is 0 Å². The minimum atomic E-state index is -3.80. The topological polar surface area (TPSA) is 88.2 Å². The number of halogens is 1. The highest BCUT2D eigenvalue weighted by Gasteiger charge is 2.14. The van der Waals surface area contributed by atoms with Crippen LogP contribution in [0.25, 0.3) is 0 Å². The number of hydrogen-bond acceptors (Lipinski definition) is 4. The molecule has 1 aromatic heterocycles. The van der Waals surface area contributed by atoms with E-state index in [1.54, 1.807) is 0 Å². The summed E-state index contributed by atoms with van der Waals surface area (Å²) in [6.07, 6.45) is 1.08. The van der Waals surface area contributed by atoms with Gasteiger partial charge in [0, 0.05) is 12.6 Å². The zero-order valence-electron chi connectivity index (χ0n) is 11.0. The Morgan fingerprint density at radius 2 is 1.71 bits per heavy atom. The Hall–Kier alpha value is -2.48. The first-order chi connectivity index (χ1) is 9.87. The first kappa shape index (κ1) is 14.9. The van der Waals surface area contributed by atoms with Crippen molar-refractivity contribution in [2.45, 2.75) is 11.8 Å². The highest BCUT2D eigenvalue weighted by atomic mass is 32.2. The maximum absolute atomic E-state index is 12.7. The van der Waals surface area contributed by atoms with Gasteiger partial charge in [0.05, 0.1) is 16.8 Å². The normalized spacial score (nSPS) is 11.0. The Morgan fingerprint density at radius 1 is 1.10 bits per heavy atom. The molecular weight excluding hydrogens is 297 g/mol. The van der Waals surface area contributed by atoms with Gasteiger partial charge >= 0.3 is 0 Å². The standard InChI is InChI=1S/C13H12FN3O3S/c1-9(18)16-10-2-5-12(6-3-10)21(19,20)17-11-4-7-13(14)15-8-11/h2-8,17H,1H3,(H,16,18). The molecule has 2 aromatic rings. The molecule has 0 saturated heterocycles. The molecule has 0 radical (unpaired) electrons. The third-order valence-electron chi connectivity index (χ3n) is 2.46. The van der Waals surface area contributed by atoms with Gasteiger partial charge in [0.15, 0.2) is 0 Å². The number of hydrogen-bond donors (Lipinski definition) is 2. The number of carbonyl (C=O) groups is 1. The van der Waals surface area contributed by atoms with Crippen molar-refractivity contribution in [2.75, 3.05) is 10.0 Å². The van der Waals surface area contributed by atoms with Crippen molar-refractivity contribution in [3.05, 3.63) is 48.5 Å². The van der Waals surface area contributed by atoms with Crippen LogP contribution in [-0.4, -0.2) is 19.3 Å². The van der Waals surface area contributed by atoms with Crippen LogP contribution in [0.15, 0.2) is 47.5 Å². The Labute approximate surface area is 121 Å². The van der Waals surface area contributed by atoms with E-state index in [2.05, 4.69) is 15.0 Å². The van der Waals surface area contributed by atoms with E-state index >= 15 is 0 Å². The summed E-state index contributed by atoms with van der Waals surface area (Å²) in [4.78, 5) is 14.3. The first-order valence-electron chi connectivity index (χ1n) is 5.89. The summed E-state index contributed by atoms with van der Waals surface area (Å²) in [6.45, 7) is 1.35. The number of aromatic nitrogens is 1. The fraction of sp³-hybridized carbons (Fsp3) is 0.0769. The van der Waals surface area contributed by atoms with Crippen LogP contribution in [0, 0.1) is 5.95 Å². The number of nitrogens with zero attached hydrogens (tertiary/aromatic N) is 1. The quantitative estimate of drug-likeness (QED) is 0.845. The molecule has 1 aromatic carbocycles. The molecule has 6 nitrogen and oxygen atoms in total. The lowest BCUT2D eigenvalue weighted by Gasteiger charge is -2.08.